The number of carbonyl (C=O) groups excluding carboxylic acids is 1. The average Bonchev–Trinajstić information content (AvgIpc) is 3.51. The zero-order chi connectivity index (χ0) is 30.3. The topological polar surface area (TPSA) is 68.5 Å². The van der Waals surface area contributed by atoms with Gasteiger partial charge < -0.3 is 4.74 Å². The van der Waals surface area contributed by atoms with E-state index in [-0.39, 0.29) is 5.69 Å². The fourth-order valence-corrected chi connectivity index (χ4v) is 5.03. The van der Waals surface area contributed by atoms with Crippen molar-refractivity contribution in [2.24, 2.45) is 5.10 Å². The number of hydrogen-bond donors (Lipinski definition) is 1. The smallest absolute Gasteiger partial charge is 0.291 e. The molecule has 1 N–H and O–H groups in total. The van der Waals surface area contributed by atoms with Crippen molar-refractivity contribution < 1.29 is 9.53 Å². The summed E-state index contributed by atoms with van der Waals surface area (Å²) in [5.41, 5.74) is 10.8. The van der Waals surface area contributed by atoms with Gasteiger partial charge in [0, 0.05) is 10.0 Å². The average molecular weight is 642 g/mol. The number of rotatable bonds is 9. The van der Waals surface area contributed by atoms with Crippen molar-refractivity contribution in [2.45, 2.75) is 13.5 Å². The molecule has 7 heteroatoms. The second kappa shape index (κ2) is 13.4. The highest BCUT2D eigenvalue weighted by Crippen LogP contribution is 2.28. The van der Waals surface area contributed by atoms with Gasteiger partial charge in [0.2, 0.25) is 0 Å². The maximum atomic E-state index is 13.2. The summed E-state index contributed by atoms with van der Waals surface area (Å²) in [5.74, 6) is 0.352. The number of carbonyl (C=O) groups is 1. The highest BCUT2D eigenvalue weighted by molar-refractivity contribution is 9.10. The van der Waals surface area contributed by atoms with Gasteiger partial charge in [-0.1, -0.05) is 101 Å². The zero-order valence-electron chi connectivity index (χ0n) is 24.0. The predicted octanol–water partition coefficient (Wildman–Crippen LogP) is 8.62. The molecule has 216 valence electrons. The number of amides is 1. The van der Waals surface area contributed by atoms with Crippen LogP contribution in [0.5, 0.6) is 5.75 Å². The first kappa shape index (κ1) is 28.8. The largest absolute Gasteiger partial charge is 0.489 e. The summed E-state index contributed by atoms with van der Waals surface area (Å²) in [6.45, 7) is 2.51. The first-order chi connectivity index (χ1) is 21.5. The molecule has 0 bridgehead atoms. The second-order valence-electron chi connectivity index (χ2n) is 10.2. The van der Waals surface area contributed by atoms with Crippen LogP contribution in [0.2, 0.25) is 0 Å². The SMILES string of the molecule is Cc1ccccc1-n1nc(C(=O)N/N=C\c2ccc(OCc3ccc(Br)cc3)cc2)cc1-c1ccc(-c2ccccc2)cc1. The summed E-state index contributed by atoms with van der Waals surface area (Å²) < 4.78 is 8.72. The van der Waals surface area contributed by atoms with Crippen LogP contribution in [-0.2, 0) is 6.61 Å². The lowest BCUT2D eigenvalue weighted by Crippen LogP contribution is -2.18. The number of hydrogen-bond acceptors (Lipinski definition) is 4. The molecule has 1 heterocycles. The van der Waals surface area contributed by atoms with E-state index in [0.717, 1.165) is 55.0 Å². The van der Waals surface area contributed by atoms with Gasteiger partial charge >= 0.3 is 0 Å². The molecule has 1 amide bonds. The maximum Gasteiger partial charge on any atom is 0.291 e. The Hall–Kier alpha value is -5.27. The van der Waals surface area contributed by atoms with Crippen molar-refractivity contribution in [3.8, 4) is 33.8 Å². The van der Waals surface area contributed by atoms with Crippen LogP contribution in [0.3, 0.4) is 0 Å². The van der Waals surface area contributed by atoms with E-state index in [0.29, 0.717) is 6.61 Å². The lowest BCUT2D eigenvalue weighted by Gasteiger charge is -2.11. The molecule has 6 nitrogen and oxygen atoms in total. The van der Waals surface area contributed by atoms with Gasteiger partial charge in [-0.15, -0.1) is 0 Å². The molecule has 0 aliphatic heterocycles. The van der Waals surface area contributed by atoms with Crippen LogP contribution >= 0.6 is 15.9 Å². The van der Waals surface area contributed by atoms with Crippen LogP contribution in [0.25, 0.3) is 28.1 Å². The Bertz CT molecular complexity index is 1900. The summed E-state index contributed by atoms with van der Waals surface area (Å²) in [4.78, 5) is 13.2. The zero-order valence-corrected chi connectivity index (χ0v) is 25.6. The normalized spacial score (nSPS) is 11.0. The molecular formula is C37H29BrN4O2. The van der Waals surface area contributed by atoms with Crippen LogP contribution in [0, 0.1) is 6.92 Å². The van der Waals surface area contributed by atoms with E-state index in [1.165, 1.54) is 0 Å². The number of halogens is 1. The summed E-state index contributed by atoms with van der Waals surface area (Å²) in [6.07, 6.45) is 1.60. The quantitative estimate of drug-likeness (QED) is 0.127. The van der Waals surface area contributed by atoms with E-state index in [1.807, 2.05) is 103 Å². The molecule has 0 atom stereocenters. The van der Waals surface area contributed by atoms with Crippen LogP contribution in [0.1, 0.15) is 27.2 Å². The van der Waals surface area contributed by atoms with E-state index in [1.54, 1.807) is 12.3 Å². The van der Waals surface area contributed by atoms with E-state index in [9.17, 15) is 4.79 Å². The first-order valence-corrected chi connectivity index (χ1v) is 15.0. The standard InChI is InChI=1S/C37H29BrN4O2/c1-26-7-5-6-10-35(26)42-36(31-17-15-30(16-18-31)29-8-3-2-4-9-29)23-34(41-42)37(43)40-39-24-27-13-21-33(22-14-27)44-25-28-11-19-32(38)20-12-28/h2-24H,25H2,1H3,(H,40,43)/b39-24-. The molecule has 0 saturated carbocycles. The van der Waals surface area contributed by atoms with Gasteiger partial charge in [-0.05, 0) is 83.3 Å². The van der Waals surface area contributed by atoms with E-state index >= 15 is 0 Å². The van der Waals surface area contributed by atoms with Crippen molar-refractivity contribution in [1.82, 2.24) is 15.2 Å². The highest BCUT2D eigenvalue weighted by atomic mass is 79.9. The highest BCUT2D eigenvalue weighted by Gasteiger charge is 2.18. The second-order valence-corrected chi connectivity index (χ2v) is 11.2. The van der Waals surface area contributed by atoms with Crippen molar-refractivity contribution in [3.63, 3.8) is 0 Å². The third kappa shape index (κ3) is 6.85. The minimum Gasteiger partial charge on any atom is -0.489 e. The Morgan fingerprint density at radius 3 is 2.20 bits per heavy atom. The number of para-hydroxylation sites is 1. The maximum absolute atomic E-state index is 13.2. The number of nitrogens with zero attached hydrogens (tertiary/aromatic N) is 3. The Morgan fingerprint density at radius 1 is 0.818 bits per heavy atom. The third-order valence-corrected chi connectivity index (χ3v) is 7.68. The molecular weight excluding hydrogens is 612 g/mol. The lowest BCUT2D eigenvalue weighted by molar-refractivity contribution is 0.0949. The number of aryl methyl sites for hydroxylation is 1. The van der Waals surface area contributed by atoms with Crippen LogP contribution in [0.15, 0.2) is 143 Å². The van der Waals surface area contributed by atoms with E-state index in [2.05, 4.69) is 62.9 Å². The molecule has 0 radical (unpaired) electrons. The van der Waals surface area contributed by atoms with Crippen molar-refractivity contribution in [2.75, 3.05) is 0 Å². The van der Waals surface area contributed by atoms with Gasteiger partial charge in [0.05, 0.1) is 17.6 Å². The number of aromatic nitrogens is 2. The van der Waals surface area contributed by atoms with Gasteiger partial charge in [-0.3, -0.25) is 4.79 Å². The lowest BCUT2D eigenvalue weighted by atomic mass is 10.0. The summed E-state index contributed by atoms with van der Waals surface area (Å²) in [6, 6.07) is 43.8. The molecule has 0 unspecified atom stereocenters. The number of benzene rings is 5. The predicted molar refractivity (Wildman–Crippen MR) is 179 cm³/mol. The molecule has 6 aromatic rings. The van der Waals surface area contributed by atoms with Gasteiger partial charge in [0.25, 0.3) is 5.91 Å². The molecule has 0 saturated heterocycles. The van der Waals surface area contributed by atoms with E-state index < -0.39 is 5.91 Å². The Balaban J connectivity index is 1.17. The summed E-state index contributed by atoms with van der Waals surface area (Å²) in [5, 5.41) is 8.87. The number of nitrogens with one attached hydrogen (secondary N) is 1. The molecule has 5 aromatic carbocycles. The van der Waals surface area contributed by atoms with Gasteiger partial charge in [-0.2, -0.15) is 10.2 Å². The van der Waals surface area contributed by atoms with E-state index in [4.69, 9.17) is 9.84 Å². The molecule has 1 aromatic heterocycles. The van der Waals surface area contributed by atoms with Gasteiger partial charge in [0.15, 0.2) is 5.69 Å². The molecule has 0 aliphatic rings. The Labute approximate surface area is 264 Å². The summed E-state index contributed by atoms with van der Waals surface area (Å²) >= 11 is 3.44. The van der Waals surface area contributed by atoms with Crippen molar-refractivity contribution in [3.05, 3.63) is 160 Å². The number of hydrazone groups is 1. The molecule has 0 fully saturated rings. The van der Waals surface area contributed by atoms with Crippen LogP contribution in [-0.4, -0.2) is 21.9 Å². The van der Waals surface area contributed by atoms with Crippen molar-refractivity contribution >= 4 is 28.1 Å². The molecule has 6 rings (SSSR count). The number of ether oxygens (including phenoxy) is 1. The fraction of sp³-hybridized carbons (Fsp3) is 0.0541. The Kier molecular flexibility index (Phi) is 8.75. The molecule has 0 spiro atoms. The van der Waals surface area contributed by atoms with Gasteiger partial charge in [0.1, 0.15) is 12.4 Å². The summed E-state index contributed by atoms with van der Waals surface area (Å²) in [7, 11) is 0. The van der Waals surface area contributed by atoms with Crippen LogP contribution < -0.4 is 10.2 Å². The monoisotopic (exact) mass is 640 g/mol. The minimum atomic E-state index is -0.398. The first-order valence-electron chi connectivity index (χ1n) is 14.2. The van der Waals surface area contributed by atoms with Crippen molar-refractivity contribution in [1.29, 1.82) is 0 Å². The minimum absolute atomic E-state index is 0.268. The van der Waals surface area contributed by atoms with Crippen LogP contribution in [0.4, 0.5) is 0 Å². The molecule has 0 aliphatic carbocycles. The molecule has 44 heavy (non-hydrogen) atoms. The fourth-order valence-electron chi connectivity index (χ4n) is 4.77. The third-order valence-electron chi connectivity index (χ3n) is 7.15. The van der Waals surface area contributed by atoms with Gasteiger partial charge in [-0.25, -0.2) is 10.1 Å². The Morgan fingerprint density at radius 2 is 1.48 bits per heavy atom.